The Hall–Kier alpha value is 0.340. The molecule has 18 heavy (non-hydrogen) atoms. The highest BCUT2D eigenvalue weighted by atomic mass is 79.9. The van der Waals surface area contributed by atoms with E-state index < -0.39 is 16.1 Å². The lowest BCUT2D eigenvalue weighted by Crippen LogP contribution is -2.45. The molecule has 2 unspecified atom stereocenters. The van der Waals surface area contributed by atoms with E-state index in [0.717, 1.165) is 11.3 Å². The van der Waals surface area contributed by atoms with Crippen LogP contribution >= 0.6 is 38.9 Å². The van der Waals surface area contributed by atoms with Crippen molar-refractivity contribution in [3.05, 3.63) is 14.9 Å². The van der Waals surface area contributed by atoms with Gasteiger partial charge in [-0.25, -0.2) is 8.42 Å². The van der Waals surface area contributed by atoms with Crippen molar-refractivity contribution in [2.24, 2.45) is 5.92 Å². The van der Waals surface area contributed by atoms with E-state index in [1.807, 2.05) is 6.92 Å². The van der Waals surface area contributed by atoms with E-state index in [4.69, 9.17) is 11.6 Å². The predicted octanol–water partition coefficient (Wildman–Crippen LogP) is 2.56. The highest BCUT2D eigenvalue weighted by molar-refractivity contribution is 9.11. The zero-order valence-corrected chi connectivity index (χ0v) is 13.6. The zero-order chi connectivity index (χ0) is 13.5. The van der Waals surface area contributed by atoms with Crippen molar-refractivity contribution in [1.82, 2.24) is 4.31 Å². The highest BCUT2D eigenvalue weighted by Crippen LogP contribution is 2.36. The second-order valence-corrected chi connectivity index (χ2v) is 9.33. The highest BCUT2D eigenvalue weighted by Gasteiger charge is 2.34. The van der Waals surface area contributed by atoms with Gasteiger partial charge in [0.2, 0.25) is 0 Å². The molecule has 0 spiro atoms. The van der Waals surface area contributed by atoms with Gasteiger partial charge in [0.05, 0.1) is 14.9 Å². The first-order valence-electron chi connectivity index (χ1n) is 5.45. The minimum Gasteiger partial charge on any atom is -0.391 e. The van der Waals surface area contributed by atoms with Gasteiger partial charge in [0, 0.05) is 13.1 Å². The lowest BCUT2D eigenvalue weighted by molar-refractivity contribution is 0.0606. The van der Waals surface area contributed by atoms with Crippen molar-refractivity contribution in [2.45, 2.75) is 23.7 Å². The Morgan fingerprint density at radius 2 is 2.28 bits per heavy atom. The molecule has 0 bridgehead atoms. The van der Waals surface area contributed by atoms with Gasteiger partial charge in [-0.15, -0.1) is 11.3 Å². The summed E-state index contributed by atoms with van der Waals surface area (Å²) < 4.78 is 26.8. The molecule has 0 amide bonds. The Morgan fingerprint density at radius 1 is 1.61 bits per heavy atom. The van der Waals surface area contributed by atoms with E-state index in [1.165, 1.54) is 10.4 Å². The quantitative estimate of drug-likeness (QED) is 0.865. The lowest BCUT2D eigenvalue weighted by atomic mass is 9.98. The summed E-state index contributed by atoms with van der Waals surface area (Å²) in [5, 5.41) is 10.2. The molecule has 1 fully saturated rings. The van der Waals surface area contributed by atoms with E-state index in [2.05, 4.69) is 15.9 Å². The standard InChI is InChI=1S/C10H13BrClNO3S2/c1-6-2-3-13(5-8(6)14)18(15,16)9-4-7(12)10(11)17-9/h4,6,8,14H,2-3,5H2,1H3. The maximum Gasteiger partial charge on any atom is 0.252 e. The smallest absolute Gasteiger partial charge is 0.252 e. The van der Waals surface area contributed by atoms with E-state index in [-0.39, 0.29) is 16.7 Å². The third-order valence-electron chi connectivity index (χ3n) is 3.10. The first kappa shape index (κ1) is 14.7. The van der Waals surface area contributed by atoms with E-state index >= 15 is 0 Å². The average molecular weight is 375 g/mol. The molecule has 2 heterocycles. The molecule has 2 atom stereocenters. The molecule has 4 nitrogen and oxygen atoms in total. The SMILES string of the molecule is CC1CCN(S(=O)(=O)c2cc(Cl)c(Br)s2)CC1O. The van der Waals surface area contributed by atoms with Crippen LogP contribution in [0.5, 0.6) is 0 Å². The minimum absolute atomic E-state index is 0.134. The maximum absolute atomic E-state index is 12.4. The second-order valence-electron chi connectivity index (χ2n) is 4.38. The van der Waals surface area contributed by atoms with Crippen LogP contribution in [0.25, 0.3) is 0 Å². The van der Waals surface area contributed by atoms with Crippen LogP contribution in [0, 0.1) is 5.92 Å². The molecular formula is C10H13BrClNO3S2. The summed E-state index contributed by atoms with van der Waals surface area (Å²) in [5.41, 5.74) is 0. The fourth-order valence-electron chi connectivity index (χ4n) is 1.82. The summed E-state index contributed by atoms with van der Waals surface area (Å²) in [6.07, 6.45) is 0.0631. The zero-order valence-electron chi connectivity index (χ0n) is 9.64. The molecular weight excluding hydrogens is 362 g/mol. The lowest BCUT2D eigenvalue weighted by Gasteiger charge is -2.32. The molecule has 1 aromatic rings. The van der Waals surface area contributed by atoms with E-state index in [1.54, 1.807) is 0 Å². The monoisotopic (exact) mass is 373 g/mol. The molecule has 1 saturated heterocycles. The maximum atomic E-state index is 12.4. The fourth-order valence-corrected chi connectivity index (χ4v) is 5.85. The van der Waals surface area contributed by atoms with Crippen LogP contribution in [0.3, 0.4) is 0 Å². The van der Waals surface area contributed by atoms with Crippen LogP contribution in [0.4, 0.5) is 0 Å². The van der Waals surface area contributed by atoms with Crippen molar-refractivity contribution in [3.8, 4) is 0 Å². The molecule has 0 radical (unpaired) electrons. The Balaban J connectivity index is 2.26. The van der Waals surface area contributed by atoms with Gasteiger partial charge in [0.15, 0.2) is 0 Å². The third kappa shape index (κ3) is 2.76. The largest absolute Gasteiger partial charge is 0.391 e. The summed E-state index contributed by atoms with van der Waals surface area (Å²) in [6, 6.07) is 1.44. The number of rotatable bonds is 2. The summed E-state index contributed by atoms with van der Waals surface area (Å²) in [6.45, 7) is 2.51. The summed E-state index contributed by atoms with van der Waals surface area (Å²) >= 11 is 10.2. The van der Waals surface area contributed by atoms with Crippen molar-refractivity contribution in [1.29, 1.82) is 0 Å². The molecule has 1 aliphatic rings. The van der Waals surface area contributed by atoms with Crippen molar-refractivity contribution in [3.63, 3.8) is 0 Å². The molecule has 1 aliphatic heterocycles. The van der Waals surface area contributed by atoms with Crippen LogP contribution in [-0.2, 0) is 10.0 Å². The number of thiophene rings is 1. The topological polar surface area (TPSA) is 57.6 Å². The molecule has 2 rings (SSSR count). The third-order valence-corrected chi connectivity index (χ3v) is 7.89. The van der Waals surface area contributed by atoms with Gasteiger partial charge >= 0.3 is 0 Å². The number of halogens is 2. The first-order valence-corrected chi connectivity index (χ1v) is 8.88. The Labute approximate surface area is 124 Å². The Bertz CT molecular complexity index is 526. The van der Waals surface area contributed by atoms with Crippen molar-refractivity contribution in [2.75, 3.05) is 13.1 Å². The van der Waals surface area contributed by atoms with Gasteiger partial charge in [0.25, 0.3) is 10.0 Å². The van der Waals surface area contributed by atoms with Crippen LogP contribution in [0.15, 0.2) is 14.1 Å². The number of hydrogen-bond donors (Lipinski definition) is 1. The minimum atomic E-state index is -3.54. The van der Waals surface area contributed by atoms with Gasteiger partial charge in [-0.2, -0.15) is 4.31 Å². The Morgan fingerprint density at radius 3 is 2.78 bits per heavy atom. The average Bonchev–Trinajstić information content (AvgIpc) is 2.64. The molecule has 8 heteroatoms. The molecule has 1 N–H and O–H groups in total. The number of aliphatic hydroxyl groups is 1. The summed E-state index contributed by atoms with van der Waals surface area (Å²) in [5.74, 6) is 0.134. The molecule has 0 aromatic carbocycles. The van der Waals surface area contributed by atoms with E-state index in [0.29, 0.717) is 21.8 Å². The second kappa shape index (κ2) is 5.38. The molecule has 0 aliphatic carbocycles. The van der Waals surface area contributed by atoms with Gasteiger partial charge in [-0.05, 0) is 34.3 Å². The van der Waals surface area contributed by atoms with Crippen LogP contribution in [0.1, 0.15) is 13.3 Å². The number of piperidine rings is 1. The fraction of sp³-hybridized carbons (Fsp3) is 0.600. The van der Waals surface area contributed by atoms with Gasteiger partial charge in [0.1, 0.15) is 4.21 Å². The predicted molar refractivity (Wildman–Crippen MR) is 75.6 cm³/mol. The number of sulfonamides is 1. The number of nitrogens with zero attached hydrogens (tertiary/aromatic N) is 1. The van der Waals surface area contributed by atoms with E-state index in [9.17, 15) is 13.5 Å². The number of aliphatic hydroxyl groups excluding tert-OH is 1. The van der Waals surface area contributed by atoms with Gasteiger partial charge < -0.3 is 5.11 Å². The molecule has 0 saturated carbocycles. The summed E-state index contributed by atoms with van der Waals surface area (Å²) in [7, 11) is -3.54. The normalized spacial score (nSPS) is 26.4. The molecule has 102 valence electrons. The number of hydrogen-bond acceptors (Lipinski definition) is 4. The first-order chi connectivity index (χ1) is 8.32. The van der Waals surface area contributed by atoms with Crippen molar-refractivity contribution >= 4 is 48.9 Å². The van der Waals surface area contributed by atoms with Crippen LogP contribution < -0.4 is 0 Å². The van der Waals surface area contributed by atoms with Crippen molar-refractivity contribution < 1.29 is 13.5 Å². The molecule has 1 aromatic heterocycles. The number of β-amino-alcohol motifs (C(OH)–C–C–N with tert-alkyl or cyclic N) is 1. The van der Waals surface area contributed by atoms with Gasteiger partial charge in [-0.1, -0.05) is 18.5 Å². The van der Waals surface area contributed by atoms with Gasteiger partial charge in [-0.3, -0.25) is 0 Å². The van der Waals surface area contributed by atoms with Crippen LogP contribution in [0.2, 0.25) is 5.02 Å². The van der Waals surface area contributed by atoms with Crippen LogP contribution in [-0.4, -0.2) is 37.0 Å². The Kier molecular flexibility index (Phi) is 4.40. The summed E-state index contributed by atoms with van der Waals surface area (Å²) in [4.78, 5) is 0.